The highest BCUT2D eigenvalue weighted by Gasteiger charge is 2.16. The second kappa shape index (κ2) is 10.1. The second-order valence-corrected chi connectivity index (χ2v) is 4.26. The van der Waals surface area contributed by atoms with Crippen LogP contribution in [0.2, 0.25) is 0 Å². The summed E-state index contributed by atoms with van der Waals surface area (Å²) in [4.78, 5) is 11.9. The topological polar surface area (TPSA) is 92.0 Å². The molecule has 8 heteroatoms. The summed E-state index contributed by atoms with van der Waals surface area (Å²) in [7, 11) is 6.06. The van der Waals surface area contributed by atoms with Crippen molar-refractivity contribution in [2.45, 2.75) is 12.5 Å². The number of methoxy groups -OCH3 is 4. The van der Waals surface area contributed by atoms with Crippen molar-refractivity contribution in [2.75, 3.05) is 40.3 Å². The first kappa shape index (κ1) is 20.3. The van der Waals surface area contributed by atoms with Gasteiger partial charge < -0.3 is 30.0 Å². The van der Waals surface area contributed by atoms with Gasteiger partial charge in [0.25, 0.3) is 0 Å². The molecule has 0 aromatic heterocycles. The van der Waals surface area contributed by atoms with Gasteiger partial charge in [0.2, 0.25) is 11.7 Å². The highest BCUT2D eigenvalue weighted by molar-refractivity contribution is 5.91. The number of hydrogen-bond donors (Lipinski definition) is 2. The molecule has 1 amide bonds. The van der Waals surface area contributed by atoms with Crippen molar-refractivity contribution in [3.8, 4) is 17.2 Å². The molecule has 1 atom stereocenters. The molecule has 1 rings (SSSR count). The zero-order valence-corrected chi connectivity index (χ0v) is 14.0. The van der Waals surface area contributed by atoms with Crippen LogP contribution in [0.3, 0.4) is 0 Å². The Balaban J connectivity index is 0.00000441. The third-order valence-corrected chi connectivity index (χ3v) is 2.96. The highest BCUT2D eigenvalue weighted by Crippen LogP contribution is 2.39. The van der Waals surface area contributed by atoms with E-state index < -0.39 is 0 Å². The average molecular weight is 335 g/mol. The molecule has 1 aromatic rings. The fourth-order valence-electron chi connectivity index (χ4n) is 1.83. The molecule has 0 fully saturated rings. The Kier molecular flexibility index (Phi) is 9.32. The lowest BCUT2D eigenvalue weighted by Crippen LogP contribution is -2.28. The van der Waals surface area contributed by atoms with E-state index in [4.69, 9.17) is 24.7 Å². The number of benzene rings is 1. The summed E-state index contributed by atoms with van der Waals surface area (Å²) in [5.74, 6) is 1.19. The molecule has 0 saturated heterocycles. The third kappa shape index (κ3) is 5.25. The Morgan fingerprint density at radius 2 is 1.68 bits per heavy atom. The van der Waals surface area contributed by atoms with E-state index in [-0.39, 0.29) is 37.4 Å². The number of halogens is 1. The first-order chi connectivity index (χ1) is 10.1. The molecule has 1 aromatic carbocycles. The monoisotopic (exact) mass is 334 g/mol. The minimum absolute atomic E-state index is 0. The molecule has 0 spiro atoms. The van der Waals surface area contributed by atoms with Crippen LogP contribution < -0.4 is 25.3 Å². The predicted octanol–water partition coefficient (Wildman–Crippen LogP) is 1.44. The number of nitrogens with one attached hydrogen (secondary N) is 1. The summed E-state index contributed by atoms with van der Waals surface area (Å²) >= 11 is 0. The van der Waals surface area contributed by atoms with Crippen molar-refractivity contribution >= 4 is 24.0 Å². The summed E-state index contributed by atoms with van der Waals surface area (Å²) in [6.45, 7) is 0.277. The van der Waals surface area contributed by atoms with Crippen LogP contribution in [0.4, 0.5) is 5.69 Å². The normalized spacial score (nSPS) is 11.1. The number of amides is 1. The van der Waals surface area contributed by atoms with Crippen LogP contribution in [0.25, 0.3) is 0 Å². The zero-order chi connectivity index (χ0) is 15.8. The molecule has 0 saturated carbocycles. The van der Waals surface area contributed by atoms with Crippen molar-refractivity contribution in [2.24, 2.45) is 5.73 Å². The highest BCUT2D eigenvalue weighted by atomic mass is 35.5. The minimum atomic E-state index is -0.313. The summed E-state index contributed by atoms with van der Waals surface area (Å²) in [5, 5.41) is 2.75. The predicted molar refractivity (Wildman–Crippen MR) is 86.4 cm³/mol. The van der Waals surface area contributed by atoms with Gasteiger partial charge in [-0.15, -0.1) is 12.4 Å². The molecule has 0 radical (unpaired) electrons. The lowest BCUT2D eigenvalue weighted by molar-refractivity contribution is -0.118. The van der Waals surface area contributed by atoms with E-state index >= 15 is 0 Å². The number of nitrogens with two attached hydrogens (primary N) is 1. The van der Waals surface area contributed by atoms with Gasteiger partial charge in [0.15, 0.2) is 11.5 Å². The Labute approximate surface area is 136 Å². The molecule has 3 N–H and O–H groups in total. The van der Waals surface area contributed by atoms with Gasteiger partial charge in [-0.3, -0.25) is 4.79 Å². The van der Waals surface area contributed by atoms with E-state index in [1.54, 1.807) is 12.1 Å². The average Bonchev–Trinajstić information content (AvgIpc) is 2.51. The van der Waals surface area contributed by atoms with Crippen LogP contribution in [0, 0.1) is 0 Å². The number of rotatable bonds is 8. The van der Waals surface area contributed by atoms with Crippen LogP contribution in [0.5, 0.6) is 17.2 Å². The Morgan fingerprint density at radius 1 is 1.14 bits per heavy atom. The third-order valence-electron chi connectivity index (χ3n) is 2.96. The Bertz CT molecular complexity index is 455. The zero-order valence-electron chi connectivity index (χ0n) is 13.2. The number of ether oxygens (including phenoxy) is 4. The molecular weight excluding hydrogens is 312 g/mol. The van der Waals surface area contributed by atoms with Gasteiger partial charge in [-0.25, -0.2) is 0 Å². The van der Waals surface area contributed by atoms with Crippen LogP contribution in [0.1, 0.15) is 6.42 Å². The van der Waals surface area contributed by atoms with E-state index in [1.807, 2.05) is 0 Å². The molecule has 1 unspecified atom stereocenters. The van der Waals surface area contributed by atoms with Crippen LogP contribution >= 0.6 is 12.4 Å². The molecule has 22 heavy (non-hydrogen) atoms. The summed E-state index contributed by atoms with van der Waals surface area (Å²) in [6.07, 6.45) is -0.143. The molecule has 0 heterocycles. The minimum Gasteiger partial charge on any atom is -0.493 e. The molecular formula is C14H23ClN2O5. The maximum Gasteiger partial charge on any atom is 0.227 e. The quantitative estimate of drug-likeness (QED) is 0.747. The number of hydrogen-bond acceptors (Lipinski definition) is 6. The van der Waals surface area contributed by atoms with Gasteiger partial charge >= 0.3 is 0 Å². The Morgan fingerprint density at radius 3 is 2.05 bits per heavy atom. The summed E-state index contributed by atoms with van der Waals surface area (Å²) < 4.78 is 20.7. The second-order valence-electron chi connectivity index (χ2n) is 4.26. The van der Waals surface area contributed by atoms with Crippen molar-refractivity contribution in [3.63, 3.8) is 0 Å². The summed E-state index contributed by atoms with van der Waals surface area (Å²) in [5.41, 5.74) is 6.04. The van der Waals surface area contributed by atoms with E-state index in [0.29, 0.717) is 22.9 Å². The van der Waals surface area contributed by atoms with Crippen LogP contribution in [-0.4, -0.2) is 47.0 Å². The molecule has 126 valence electrons. The van der Waals surface area contributed by atoms with Crippen molar-refractivity contribution < 1.29 is 23.7 Å². The summed E-state index contributed by atoms with van der Waals surface area (Å²) in [6, 6.07) is 3.31. The SMILES string of the molecule is COc1cc(NC(=O)CC(CN)OC)cc(OC)c1OC.Cl. The molecule has 0 bridgehead atoms. The van der Waals surface area contributed by atoms with Gasteiger partial charge in [0, 0.05) is 31.5 Å². The largest absolute Gasteiger partial charge is 0.493 e. The van der Waals surface area contributed by atoms with Crippen LogP contribution in [-0.2, 0) is 9.53 Å². The van der Waals surface area contributed by atoms with Gasteiger partial charge in [0.05, 0.1) is 33.9 Å². The van der Waals surface area contributed by atoms with Crippen molar-refractivity contribution in [1.29, 1.82) is 0 Å². The maximum absolute atomic E-state index is 11.9. The van der Waals surface area contributed by atoms with Gasteiger partial charge in [-0.2, -0.15) is 0 Å². The smallest absolute Gasteiger partial charge is 0.227 e. The maximum atomic E-state index is 11.9. The van der Waals surface area contributed by atoms with Gasteiger partial charge in [-0.1, -0.05) is 0 Å². The lowest BCUT2D eigenvalue weighted by atomic mass is 10.2. The Hall–Kier alpha value is -1.70. The first-order valence-electron chi connectivity index (χ1n) is 6.42. The number of carbonyl (C=O) groups is 1. The van der Waals surface area contributed by atoms with E-state index in [1.165, 1.54) is 28.4 Å². The fraction of sp³-hybridized carbons (Fsp3) is 0.500. The van der Waals surface area contributed by atoms with Crippen LogP contribution in [0.15, 0.2) is 12.1 Å². The van der Waals surface area contributed by atoms with Crippen molar-refractivity contribution in [3.05, 3.63) is 12.1 Å². The fourth-order valence-corrected chi connectivity index (χ4v) is 1.83. The molecule has 0 aliphatic heterocycles. The molecule has 0 aliphatic carbocycles. The molecule has 7 nitrogen and oxygen atoms in total. The van der Waals surface area contributed by atoms with Gasteiger partial charge in [0.1, 0.15) is 0 Å². The number of anilines is 1. The lowest BCUT2D eigenvalue weighted by Gasteiger charge is -2.16. The molecule has 0 aliphatic rings. The van der Waals surface area contributed by atoms with E-state index in [9.17, 15) is 4.79 Å². The standard InChI is InChI=1S/C14H22N2O5.ClH/c1-18-10(8-15)7-13(17)16-9-5-11(19-2)14(21-4)12(6-9)20-3;/h5-6,10H,7-8,15H2,1-4H3,(H,16,17);1H. The number of carbonyl (C=O) groups excluding carboxylic acids is 1. The van der Waals surface area contributed by atoms with Gasteiger partial charge in [-0.05, 0) is 0 Å². The first-order valence-corrected chi connectivity index (χ1v) is 6.42. The van der Waals surface area contributed by atoms with E-state index in [0.717, 1.165) is 0 Å². The van der Waals surface area contributed by atoms with Crippen molar-refractivity contribution in [1.82, 2.24) is 0 Å². The van der Waals surface area contributed by atoms with E-state index in [2.05, 4.69) is 5.32 Å².